The first-order chi connectivity index (χ1) is 4.88. The molecule has 2 heterocycles. The summed E-state index contributed by atoms with van der Waals surface area (Å²) in [6.45, 7) is 0. The van der Waals surface area contributed by atoms with Gasteiger partial charge in [0.05, 0.1) is 6.33 Å². The summed E-state index contributed by atoms with van der Waals surface area (Å²) in [4.78, 5) is 17.2. The zero-order chi connectivity index (χ0) is 6.97. The predicted molar refractivity (Wildman–Crippen MR) is 32.3 cm³/mol. The second kappa shape index (κ2) is 1.63. The number of H-pyrrole nitrogens is 2. The molecule has 0 bridgehead atoms. The summed E-state index contributed by atoms with van der Waals surface area (Å²) in [5, 5.41) is 9.04. The van der Waals surface area contributed by atoms with Crippen molar-refractivity contribution in [2.45, 2.75) is 0 Å². The second-order valence-electron chi connectivity index (χ2n) is 1.74. The third kappa shape index (κ3) is 0.524. The van der Waals surface area contributed by atoms with E-state index in [0.29, 0.717) is 11.2 Å². The van der Waals surface area contributed by atoms with Crippen LogP contribution in [-0.2, 0) is 0 Å². The van der Waals surface area contributed by atoms with Crippen LogP contribution in [-0.4, -0.2) is 25.4 Å². The number of aromatic amines is 2. The first-order valence-corrected chi connectivity index (χ1v) is 2.62. The lowest BCUT2D eigenvalue weighted by atomic mass is 10.6. The van der Waals surface area contributed by atoms with E-state index in [1.54, 1.807) is 0 Å². The molecule has 6 nitrogen and oxygen atoms in total. The van der Waals surface area contributed by atoms with E-state index in [-0.39, 0.29) is 5.56 Å². The van der Waals surface area contributed by atoms with E-state index in [4.69, 9.17) is 0 Å². The van der Waals surface area contributed by atoms with Gasteiger partial charge in [0.25, 0.3) is 5.56 Å². The van der Waals surface area contributed by atoms with E-state index in [1.807, 2.05) is 0 Å². The van der Waals surface area contributed by atoms with Crippen LogP contribution in [0, 0.1) is 0 Å². The lowest BCUT2D eigenvalue weighted by Gasteiger charge is -1.80. The minimum atomic E-state index is -0.303. The van der Waals surface area contributed by atoms with Crippen LogP contribution in [0.3, 0.4) is 0 Å². The molecule has 0 aromatic carbocycles. The van der Waals surface area contributed by atoms with Gasteiger partial charge >= 0.3 is 0 Å². The molecule has 0 saturated carbocycles. The van der Waals surface area contributed by atoms with Crippen molar-refractivity contribution >= 4 is 11.2 Å². The molecule has 0 spiro atoms. The Bertz CT molecular complexity index is 401. The molecule has 6 heteroatoms. The van der Waals surface area contributed by atoms with Crippen LogP contribution in [0.25, 0.3) is 11.2 Å². The van der Waals surface area contributed by atoms with Gasteiger partial charge in [0.15, 0.2) is 5.52 Å². The van der Waals surface area contributed by atoms with Gasteiger partial charge in [-0.15, -0.1) is 5.10 Å². The van der Waals surface area contributed by atoms with Gasteiger partial charge in [-0.25, -0.2) is 10.1 Å². The summed E-state index contributed by atoms with van der Waals surface area (Å²) in [7, 11) is 0. The average Bonchev–Trinajstić information content (AvgIpc) is 2.36. The lowest BCUT2D eigenvalue weighted by molar-refractivity contribution is 0.865. The van der Waals surface area contributed by atoms with E-state index in [1.165, 1.54) is 6.33 Å². The van der Waals surface area contributed by atoms with Crippen molar-refractivity contribution in [3.63, 3.8) is 0 Å². The quantitative estimate of drug-likeness (QED) is 0.489. The summed E-state index contributed by atoms with van der Waals surface area (Å²) in [6.07, 6.45) is 1.40. The number of hydrogen-bond donors (Lipinski definition) is 2. The van der Waals surface area contributed by atoms with E-state index in [2.05, 4.69) is 25.4 Å². The van der Waals surface area contributed by atoms with E-state index in [9.17, 15) is 4.79 Å². The number of aromatic nitrogens is 5. The molecule has 2 N–H and O–H groups in total. The van der Waals surface area contributed by atoms with Crippen molar-refractivity contribution in [3.8, 4) is 0 Å². The highest BCUT2D eigenvalue weighted by atomic mass is 16.1. The Labute approximate surface area is 54.3 Å². The van der Waals surface area contributed by atoms with Crippen LogP contribution in [0.5, 0.6) is 0 Å². The Kier molecular flexibility index (Phi) is 0.830. The normalized spacial score (nSPS) is 10.4. The fourth-order valence-corrected chi connectivity index (χ4v) is 0.704. The highest BCUT2D eigenvalue weighted by Gasteiger charge is 1.99. The standard InChI is InChI=1S/C4H3N5O/c10-4-2-3(6-1-5-2)7-9-8-4/h1H,(H2,5,6,7,8,10). The molecule has 0 atom stereocenters. The van der Waals surface area contributed by atoms with E-state index >= 15 is 0 Å². The Balaban J connectivity index is 3.09. The molecule has 50 valence electrons. The number of rotatable bonds is 0. The Hall–Kier alpha value is -1.72. The van der Waals surface area contributed by atoms with Crippen molar-refractivity contribution in [2.75, 3.05) is 0 Å². The fraction of sp³-hybridized carbons (Fsp3) is 0. The third-order valence-corrected chi connectivity index (χ3v) is 1.14. The monoisotopic (exact) mass is 137 g/mol. The molecule has 0 unspecified atom stereocenters. The van der Waals surface area contributed by atoms with E-state index in [0.717, 1.165) is 0 Å². The predicted octanol–water partition coefficient (Wildman–Crippen LogP) is -0.959. The van der Waals surface area contributed by atoms with E-state index < -0.39 is 0 Å². The summed E-state index contributed by atoms with van der Waals surface area (Å²) >= 11 is 0. The maximum Gasteiger partial charge on any atom is 0.293 e. The Morgan fingerprint density at radius 2 is 2.40 bits per heavy atom. The number of nitrogens with one attached hydrogen (secondary N) is 2. The minimum Gasteiger partial charge on any atom is -0.339 e. The molecule has 0 saturated heterocycles. The van der Waals surface area contributed by atoms with Gasteiger partial charge < -0.3 is 4.98 Å². The van der Waals surface area contributed by atoms with Gasteiger partial charge in [-0.3, -0.25) is 4.79 Å². The van der Waals surface area contributed by atoms with Crippen LogP contribution in [0.4, 0.5) is 0 Å². The zero-order valence-corrected chi connectivity index (χ0v) is 4.83. The largest absolute Gasteiger partial charge is 0.339 e. The number of imidazole rings is 1. The molecule has 0 aliphatic heterocycles. The summed E-state index contributed by atoms with van der Waals surface area (Å²) in [6, 6.07) is 0. The molecule has 10 heavy (non-hydrogen) atoms. The average molecular weight is 137 g/mol. The van der Waals surface area contributed by atoms with Gasteiger partial charge in [0.1, 0.15) is 0 Å². The highest BCUT2D eigenvalue weighted by Crippen LogP contribution is 1.92. The van der Waals surface area contributed by atoms with Gasteiger partial charge in [0, 0.05) is 0 Å². The van der Waals surface area contributed by atoms with Gasteiger partial charge in [-0.1, -0.05) is 5.21 Å². The number of hydrogen-bond acceptors (Lipinski definition) is 4. The first-order valence-electron chi connectivity index (χ1n) is 2.62. The molecule has 0 fully saturated rings. The molecule has 0 aliphatic rings. The van der Waals surface area contributed by atoms with Crippen molar-refractivity contribution in [2.24, 2.45) is 0 Å². The topological polar surface area (TPSA) is 87.3 Å². The molecular weight excluding hydrogens is 134 g/mol. The summed E-state index contributed by atoms with van der Waals surface area (Å²) in [5.74, 6) is 0. The third-order valence-electron chi connectivity index (χ3n) is 1.14. The molecule has 2 rings (SSSR count). The molecular formula is C4H3N5O. The van der Waals surface area contributed by atoms with Crippen LogP contribution in [0.15, 0.2) is 11.1 Å². The highest BCUT2D eigenvalue weighted by molar-refractivity contribution is 5.66. The summed E-state index contributed by atoms with van der Waals surface area (Å²) in [5.41, 5.74) is 0.390. The maximum atomic E-state index is 10.8. The van der Waals surface area contributed by atoms with Crippen molar-refractivity contribution in [1.82, 2.24) is 25.4 Å². The first kappa shape index (κ1) is 5.10. The zero-order valence-electron chi connectivity index (χ0n) is 4.83. The van der Waals surface area contributed by atoms with Crippen molar-refractivity contribution in [1.29, 1.82) is 0 Å². The van der Waals surface area contributed by atoms with Gasteiger partial charge in [-0.05, 0) is 0 Å². The fourth-order valence-electron chi connectivity index (χ4n) is 0.704. The van der Waals surface area contributed by atoms with Gasteiger partial charge in [0.2, 0.25) is 5.65 Å². The Morgan fingerprint density at radius 3 is 3.20 bits per heavy atom. The maximum absolute atomic E-state index is 10.8. The lowest BCUT2D eigenvalue weighted by Crippen LogP contribution is -2.09. The summed E-state index contributed by atoms with van der Waals surface area (Å²) < 4.78 is 0. The smallest absolute Gasteiger partial charge is 0.293 e. The van der Waals surface area contributed by atoms with Gasteiger partial charge in [-0.2, -0.15) is 0 Å². The van der Waals surface area contributed by atoms with Crippen LogP contribution in [0.1, 0.15) is 0 Å². The van der Waals surface area contributed by atoms with Crippen molar-refractivity contribution in [3.05, 3.63) is 16.7 Å². The minimum absolute atomic E-state index is 0.303. The van der Waals surface area contributed by atoms with Crippen LogP contribution >= 0.6 is 0 Å². The second-order valence-corrected chi connectivity index (χ2v) is 1.74. The van der Waals surface area contributed by atoms with Crippen LogP contribution in [0.2, 0.25) is 0 Å². The van der Waals surface area contributed by atoms with Crippen molar-refractivity contribution < 1.29 is 0 Å². The Morgan fingerprint density at radius 1 is 1.50 bits per heavy atom. The van der Waals surface area contributed by atoms with Crippen LogP contribution < -0.4 is 5.56 Å². The molecule has 0 aliphatic carbocycles. The molecule has 2 aromatic rings. The SMILES string of the molecule is O=c1[nH]nnc2nc[nH]c12. The molecule has 2 aromatic heterocycles. The number of nitrogens with zero attached hydrogens (tertiary/aromatic N) is 3. The number of fused-ring (bicyclic) bond motifs is 1. The molecule has 0 amide bonds. The molecule has 0 radical (unpaired) electrons.